The number of ether oxygens (including phenoxy) is 2. The third-order valence-electron chi connectivity index (χ3n) is 4.25. The fourth-order valence-corrected chi connectivity index (χ4v) is 3.34. The number of carbonyl (C=O) groups is 1. The van der Waals surface area contributed by atoms with E-state index >= 15 is 0 Å². The first-order chi connectivity index (χ1) is 12.8. The normalized spacial score (nSPS) is 12.4. The lowest BCUT2D eigenvalue weighted by Crippen LogP contribution is -2.29. The summed E-state index contributed by atoms with van der Waals surface area (Å²) in [5, 5.41) is 2.87. The van der Waals surface area contributed by atoms with Gasteiger partial charge in [-0.3, -0.25) is 4.79 Å². The first kappa shape index (κ1) is 20.9. The van der Waals surface area contributed by atoms with Crippen molar-refractivity contribution in [3.63, 3.8) is 0 Å². The molecule has 2 aromatic rings. The van der Waals surface area contributed by atoms with Crippen LogP contribution in [0.15, 0.2) is 53.4 Å². The van der Waals surface area contributed by atoms with E-state index in [1.165, 1.54) is 6.26 Å². The summed E-state index contributed by atoms with van der Waals surface area (Å²) in [5.74, 6) is 0.615. The van der Waals surface area contributed by atoms with Gasteiger partial charge in [0.05, 0.1) is 12.0 Å². The van der Waals surface area contributed by atoms with Gasteiger partial charge in [-0.15, -0.1) is 0 Å². The fraction of sp³-hybridized carbons (Fsp3) is 0.350. The number of methoxy groups -OCH3 is 2. The van der Waals surface area contributed by atoms with Crippen LogP contribution in [0.4, 0.5) is 0 Å². The van der Waals surface area contributed by atoms with Gasteiger partial charge in [0.25, 0.3) is 0 Å². The molecule has 7 heteroatoms. The lowest BCUT2D eigenvalue weighted by atomic mass is 10.1. The maximum Gasteiger partial charge on any atom is 0.220 e. The molecule has 1 amide bonds. The number of sulfone groups is 1. The highest BCUT2D eigenvalue weighted by atomic mass is 32.2. The minimum atomic E-state index is -3.21. The Morgan fingerprint density at radius 3 is 2.33 bits per heavy atom. The molecule has 1 unspecified atom stereocenters. The molecule has 1 atom stereocenters. The number of rotatable bonds is 9. The Morgan fingerprint density at radius 2 is 1.74 bits per heavy atom. The Morgan fingerprint density at radius 1 is 1.07 bits per heavy atom. The molecule has 0 bridgehead atoms. The molecule has 0 aliphatic heterocycles. The number of benzene rings is 2. The summed E-state index contributed by atoms with van der Waals surface area (Å²) in [6.45, 7) is 0.336. The third kappa shape index (κ3) is 6.08. The Bertz CT molecular complexity index is 862. The molecule has 146 valence electrons. The van der Waals surface area contributed by atoms with Crippen LogP contribution in [-0.2, 0) is 25.8 Å². The first-order valence-electron chi connectivity index (χ1n) is 8.56. The standard InChI is InChI=1S/C20H25NO5S/c1-25-18-7-5-4-6-17(18)19(26-2)14-21-20(22)13-10-15-8-11-16(12-9-15)27(3,23)24/h4-9,11-12,19H,10,13-14H2,1-3H3,(H,21,22). The Kier molecular flexibility index (Phi) is 7.38. The lowest BCUT2D eigenvalue weighted by Gasteiger charge is -2.19. The maximum absolute atomic E-state index is 12.2. The fourth-order valence-electron chi connectivity index (χ4n) is 2.71. The summed E-state index contributed by atoms with van der Waals surface area (Å²) >= 11 is 0. The average molecular weight is 391 g/mol. The van der Waals surface area contributed by atoms with Gasteiger partial charge >= 0.3 is 0 Å². The summed E-state index contributed by atoms with van der Waals surface area (Å²) in [6.07, 6.45) is 1.70. The molecule has 2 rings (SSSR count). The summed E-state index contributed by atoms with van der Waals surface area (Å²) in [6, 6.07) is 14.1. The van der Waals surface area contributed by atoms with E-state index in [0.717, 1.165) is 11.1 Å². The van der Waals surface area contributed by atoms with Crippen molar-refractivity contribution in [2.24, 2.45) is 0 Å². The van der Waals surface area contributed by atoms with Gasteiger partial charge in [-0.1, -0.05) is 30.3 Å². The van der Waals surface area contributed by atoms with Gasteiger partial charge in [0.1, 0.15) is 11.9 Å². The van der Waals surface area contributed by atoms with Gasteiger partial charge in [-0.25, -0.2) is 8.42 Å². The van der Waals surface area contributed by atoms with Crippen LogP contribution in [0.5, 0.6) is 5.75 Å². The summed E-state index contributed by atoms with van der Waals surface area (Å²) < 4.78 is 33.8. The monoisotopic (exact) mass is 391 g/mol. The van der Waals surface area contributed by atoms with Crippen LogP contribution in [0.25, 0.3) is 0 Å². The first-order valence-corrected chi connectivity index (χ1v) is 10.5. The molecular formula is C20H25NO5S. The van der Waals surface area contributed by atoms with Crippen LogP contribution in [0.1, 0.15) is 23.7 Å². The number of amides is 1. The van der Waals surface area contributed by atoms with Crippen molar-refractivity contribution in [2.45, 2.75) is 23.8 Å². The Balaban J connectivity index is 1.88. The lowest BCUT2D eigenvalue weighted by molar-refractivity contribution is -0.121. The molecular weight excluding hydrogens is 366 g/mol. The van der Waals surface area contributed by atoms with Crippen molar-refractivity contribution < 1.29 is 22.7 Å². The Hall–Kier alpha value is -2.38. The van der Waals surface area contributed by atoms with Crippen molar-refractivity contribution in [3.05, 3.63) is 59.7 Å². The van der Waals surface area contributed by atoms with Gasteiger partial charge in [0.2, 0.25) is 5.91 Å². The van der Waals surface area contributed by atoms with E-state index in [1.807, 2.05) is 24.3 Å². The number of aryl methyl sites for hydroxylation is 1. The van der Waals surface area contributed by atoms with E-state index in [4.69, 9.17) is 9.47 Å². The zero-order valence-electron chi connectivity index (χ0n) is 15.8. The second kappa shape index (κ2) is 9.53. The summed E-state index contributed by atoms with van der Waals surface area (Å²) in [5.41, 5.74) is 1.78. The van der Waals surface area contributed by atoms with E-state index in [2.05, 4.69) is 5.32 Å². The predicted molar refractivity (Wildman–Crippen MR) is 104 cm³/mol. The summed E-state index contributed by atoms with van der Waals surface area (Å²) in [7, 11) is -0.0212. The molecule has 0 saturated carbocycles. The summed E-state index contributed by atoms with van der Waals surface area (Å²) in [4.78, 5) is 12.4. The van der Waals surface area contributed by atoms with Crippen molar-refractivity contribution in [2.75, 3.05) is 27.0 Å². The number of hydrogen-bond acceptors (Lipinski definition) is 5. The largest absolute Gasteiger partial charge is 0.496 e. The van der Waals surface area contributed by atoms with Crippen molar-refractivity contribution in [1.82, 2.24) is 5.32 Å². The highest BCUT2D eigenvalue weighted by molar-refractivity contribution is 7.90. The molecule has 1 N–H and O–H groups in total. The van der Waals surface area contributed by atoms with E-state index in [1.54, 1.807) is 38.5 Å². The van der Waals surface area contributed by atoms with Crippen molar-refractivity contribution >= 4 is 15.7 Å². The van der Waals surface area contributed by atoms with E-state index in [9.17, 15) is 13.2 Å². The zero-order chi connectivity index (χ0) is 19.9. The second-order valence-electron chi connectivity index (χ2n) is 6.19. The van der Waals surface area contributed by atoms with Gasteiger partial charge in [-0.05, 0) is 30.2 Å². The maximum atomic E-state index is 12.2. The smallest absolute Gasteiger partial charge is 0.220 e. The topological polar surface area (TPSA) is 81.7 Å². The number of hydrogen-bond donors (Lipinski definition) is 1. The second-order valence-corrected chi connectivity index (χ2v) is 8.20. The molecule has 6 nitrogen and oxygen atoms in total. The highest BCUT2D eigenvalue weighted by Gasteiger charge is 2.16. The van der Waals surface area contributed by atoms with Crippen LogP contribution in [0, 0.1) is 0 Å². The van der Waals surface area contributed by atoms with Crippen LogP contribution in [0.3, 0.4) is 0 Å². The molecule has 0 aromatic heterocycles. The van der Waals surface area contributed by atoms with Crippen LogP contribution in [0.2, 0.25) is 0 Å². The minimum absolute atomic E-state index is 0.0980. The van der Waals surface area contributed by atoms with Gasteiger partial charge < -0.3 is 14.8 Å². The third-order valence-corrected chi connectivity index (χ3v) is 5.38. The number of carbonyl (C=O) groups excluding carboxylic acids is 1. The number of para-hydroxylation sites is 1. The minimum Gasteiger partial charge on any atom is -0.496 e. The van der Waals surface area contributed by atoms with Crippen molar-refractivity contribution in [1.29, 1.82) is 0 Å². The molecule has 2 aromatic carbocycles. The van der Waals surface area contributed by atoms with Gasteiger partial charge in [0, 0.05) is 31.9 Å². The Labute approximate surface area is 160 Å². The molecule has 0 heterocycles. The van der Waals surface area contributed by atoms with E-state index < -0.39 is 9.84 Å². The average Bonchev–Trinajstić information content (AvgIpc) is 2.66. The van der Waals surface area contributed by atoms with Crippen molar-refractivity contribution in [3.8, 4) is 5.75 Å². The van der Waals surface area contributed by atoms with Gasteiger partial charge in [0.15, 0.2) is 9.84 Å². The zero-order valence-corrected chi connectivity index (χ0v) is 16.6. The number of nitrogens with one attached hydrogen (secondary N) is 1. The molecule has 27 heavy (non-hydrogen) atoms. The quantitative estimate of drug-likeness (QED) is 0.710. The van der Waals surface area contributed by atoms with Crippen LogP contribution >= 0.6 is 0 Å². The molecule has 0 saturated heterocycles. The molecule has 0 fully saturated rings. The van der Waals surface area contributed by atoms with Gasteiger partial charge in [-0.2, -0.15) is 0 Å². The molecule has 0 aliphatic carbocycles. The molecule has 0 radical (unpaired) electrons. The molecule has 0 aliphatic rings. The SMILES string of the molecule is COc1ccccc1C(CNC(=O)CCc1ccc(S(C)(=O)=O)cc1)OC. The van der Waals surface area contributed by atoms with E-state index in [-0.39, 0.29) is 16.9 Å². The van der Waals surface area contributed by atoms with Crippen LogP contribution in [-0.4, -0.2) is 41.3 Å². The van der Waals surface area contributed by atoms with Crippen LogP contribution < -0.4 is 10.1 Å². The highest BCUT2D eigenvalue weighted by Crippen LogP contribution is 2.26. The van der Waals surface area contributed by atoms with E-state index in [0.29, 0.717) is 25.1 Å². The molecule has 0 spiro atoms. The predicted octanol–water partition coefficient (Wildman–Crippen LogP) is 2.54.